The zero-order valence-electron chi connectivity index (χ0n) is 73.0. The third-order valence-corrected chi connectivity index (χ3v) is 17.3. The number of carbonyl (C=O) groups excluding carboxylic acids is 16. The predicted octanol–water partition coefficient (Wildman–Crippen LogP) is -6.16. The largest absolute Gasteiger partial charge is 0.463 e. The number of aliphatic hydroxyl groups is 2. The van der Waals surface area contributed by atoms with Crippen LogP contribution in [0.3, 0.4) is 0 Å². The molecule has 0 saturated carbocycles. The third kappa shape index (κ3) is 48.1. The lowest BCUT2D eigenvalue weighted by molar-refractivity contribution is -0.279. The predicted molar refractivity (Wildman–Crippen MR) is 421 cm³/mol. The summed E-state index contributed by atoms with van der Waals surface area (Å²) in [6, 6.07) is -6.67. The Morgan fingerprint density at radius 1 is 0.294 bits per heavy atom. The first-order chi connectivity index (χ1) is 60.1. The molecule has 3 rings (SSSR count). The molecule has 17 atom stereocenters. The average Bonchev–Trinajstić information content (AvgIpc) is 0.795. The molecule has 8 amide bonds. The van der Waals surface area contributed by atoms with Gasteiger partial charge in [-0.05, 0) is 12.8 Å². The summed E-state index contributed by atoms with van der Waals surface area (Å²) in [4.78, 5) is 203. The van der Waals surface area contributed by atoms with Crippen molar-refractivity contribution in [3.63, 3.8) is 0 Å². The van der Waals surface area contributed by atoms with E-state index in [1.54, 1.807) is 0 Å². The highest BCUT2D eigenvalue weighted by atomic mass is 16.7. The molecule has 3 aliphatic heterocycles. The minimum Gasteiger partial charge on any atom is -0.463 e. The minimum atomic E-state index is -1.45. The van der Waals surface area contributed by atoms with Crippen molar-refractivity contribution in [3.05, 3.63) is 0 Å². The maximum atomic E-state index is 14.1. The first-order valence-corrected chi connectivity index (χ1v) is 40.9. The number of ether oxygens (including phenoxy) is 23. The molecule has 0 aromatic carbocycles. The molecule has 10 N–H and O–H groups in total. The molecule has 0 aromatic rings. The highest BCUT2D eigenvalue weighted by Crippen LogP contribution is 2.31. The van der Waals surface area contributed by atoms with Gasteiger partial charge in [-0.3, -0.25) is 76.7 Å². The Balaban J connectivity index is 1.78. The van der Waals surface area contributed by atoms with Gasteiger partial charge in [0.05, 0.1) is 152 Å². The van der Waals surface area contributed by atoms with Gasteiger partial charge in [-0.25, -0.2) is 0 Å². The van der Waals surface area contributed by atoms with E-state index in [0.717, 1.165) is 69.2 Å². The number of nitrogens with one attached hydrogen (secondary N) is 8. The maximum Gasteiger partial charge on any atom is 0.303 e. The normalized spacial score (nSPS) is 22.4. The van der Waals surface area contributed by atoms with E-state index < -0.39 is 225 Å². The summed E-state index contributed by atoms with van der Waals surface area (Å²) < 4.78 is 128. The average molecular weight is 1820 g/mol. The Labute approximate surface area is 728 Å². The van der Waals surface area contributed by atoms with Crippen LogP contribution in [0.5, 0.6) is 0 Å². The number of carbonyl (C=O) groups is 16. The van der Waals surface area contributed by atoms with Crippen molar-refractivity contribution >= 4 is 95.0 Å². The highest BCUT2D eigenvalue weighted by molar-refractivity contribution is 5.90. The number of hydrogen-bond donors (Lipinski definition) is 10. The van der Waals surface area contributed by atoms with Crippen molar-refractivity contribution in [2.75, 3.05) is 185 Å². The van der Waals surface area contributed by atoms with Crippen LogP contribution >= 0.6 is 0 Å². The Hall–Kier alpha value is -9.16. The Morgan fingerprint density at radius 2 is 0.563 bits per heavy atom. The number of amides is 8. The highest BCUT2D eigenvalue weighted by Gasteiger charge is 2.54. The van der Waals surface area contributed by atoms with Crippen LogP contribution in [0.1, 0.15) is 108 Å². The lowest BCUT2D eigenvalue weighted by Gasteiger charge is -2.44. The van der Waals surface area contributed by atoms with E-state index in [-0.39, 0.29) is 151 Å². The van der Waals surface area contributed by atoms with Crippen LogP contribution in [0.15, 0.2) is 0 Å². The summed E-state index contributed by atoms with van der Waals surface area (Å²) in [5.41, 5.74) is 0. The van der Waals surface area contributed by atoms with Gasteiger partial charge in [-0.2, -0.15) is 0 Å². The van der Waals surface area contributed by atoms with E-state index in [2.05, 4.69) is 42.5 Å². The molecule has 3 saturated heterocycles. The monoisotopic (exact) mass is 1820 g/mol. The Morgan fingerprint density at radius 3 is 0.873 bits per heavy atom. The molecule has 3 aliphatic rings. The molecule has 49 heteroatoms. The molecule has 0 radical (unpaired) electrons. The van der Waals surface area contributed by atoms with Crippen molar-refractivity contribution in [3.8, 4) is 0 Å². The fourth-order valence-electron chi connectivity index (χ4n) is 12.2. The zero-order chi connectivity index (χ0) is 93.3. The van der Waals surface area contributed by atoms with E-state index in [4.69, 9.17) is 114 Å². The van der Waals surface area contributed by atoms with Crippen molar-refractivity contribution in [1.82, 2.24) is 42.5 Å². The van der Waals surface area contributed by atoms with Gasteiger partial charge in [-0.15, -0.1) is 0 Å². The second kappa shape index (κ2) is 64.6. The fraction of sp³-hybridized carbons (Fsp3) is 0.792. The van der Waals surface area contributed by atoms with Gasteiger partial charge in [-0.1, -0.05) is 0 Å². The first-order valence-electron chi connectivity index (χ1n) is 40.9. The fourth-order valence-corrected chi connectivity index (χ4v) is 12.2. The quantitative estimate of drug-likeness (QED) is 0.0154. The topological polar surface area (TPSA) is 622 Å². The molecule has 0 aromatic heterocycles. The molecule has 49 nitrogen and oxygen atoms in total. The maximum absolute atomic E-state index is 14.1. The van der Waals surface area contributed by atoms with Gasteiger partial charge in [0.15, 0.2) is 55.5 Å². The number of rotatable bonds is 65. The summed E-state index contributed by atoms with van der Waals surface area (Å²) in [6.07, 6.45) is -18.2. The van der Waals surface area contributed by atoms with Gasteiger partial charge >= 0.3 is 47.8 Å². The molecular formula is C77H126N8O41. The lowest BCUT2D eigenvalue weighted by atomic mass is 9.96. The SMILES string of the molecule is CC(=O)NC1C(OCCOCCNC(=O)CC[C@H](NC(=O)CC[C@H](NC(=O)CCOCCOCCOCCOCCOCCOCCO)C(=O)NCCOCCOC2OC(COC(C)=O)C(OC(C)=O)C(OC(C)=O)C2NC(C)=O)C(=O)NCCOCCOC2OC(COC(C)=O)C(OC(C)=O)C(OC(C)=O)C2NC(C)=O)OC(CO)C(OC(C)=O)C1OC(C)=O. The summed E-state index contributed by atoms with van der Waals surface area (Å²) in [5.74, 6) is -11.9. The summed E-state index contributed by atoms with van der Waals surface area (Å²) in [5, 5.41) is 39.7. The Kier molecular flexibility index (Phi) is 56.9. The molecule has 15 unspecified atom stereocenters. The summed E-state index contributed by atoms with van der Waals surface area (Å²) >= 11 is 0. The molecule has 3 heterocycles. The van der Waals surface area contributed by atoms with Crippen LogP contribution in [-0.4, -0.2) is 394 Å². The van der Waals surface area contributed by atoms with Crippen LogP contribution in [0.25, 0.3) is 0 Å². The molecule has 0 aliphatic carbocycles. The van der Waals surface area contributed by atoms with Gasteiger partial charge in [0.1, 0.15) is 61.7 Å². The number of esters is 8. The zero-order valence-corrected chi connectivity index (χ0v) is 73.0. The van der Waals surface area contributed by atoms with Gasteiger partial charge in [0.2, 0.25) is 47.3 Å². The standard InChI is InChI=1S/C77H126N8O41/c1-45(88)81-64-70(121-53(9)96)67(118-50(6)93)58(42-87)124-75(64)113-39-36-105-22-17-78-61(99)14-12-56(73(102)79-18-23-106-37-40-114-76-65(82-46(2)89)71(122-54(10)97)68(119-51(7)94)59(125-76)43-116-48(4)91)84-62(100)15-13-57(85-63(101)16-21-104-26-28-109-30-32-111-34-35-112-33-31-110-29-27-108-25-20-86)74(103)80-19-24-107-38-41-115-77-66(83-47(3)90)72(123-55(11)98)69(120-52(8)95)60(126-77)44-117-49(5)92/h56-60,64-72,75-77,86-87H,12-44H2,1-11H3,(H,78,99)(H,79,102)(H,80,103)(H,81,88)(H,82,89)(H,83,90)(H,84,100)(H,85,101)/t56-,57-,58?,59?,60?,64?,65?,66?,67?,68?,69?,70?,71?,72?,75?,76?,77?/m0/s1. The smallest absolute Gasteiger partial charge is 0.303 e. The number of hydrogen-bond acceptors (Lipinski definition) is 41. The minimum absolute atomic E-state index is 0.0679. The van der Waals surface area contributed by atoms with E-state index in [1.165, 1.54) is 6.92 Å². The van der Waals surface area contributed by atoms with E-state index in [0.29, 0.717) is 39.6 Å². The van der Waals surface area contributed by atoms with Crippen LogP contribution in [0, 0.1) is 0 Å². The van der Waals surface area contributed by atoms with Crippen LogP contribution in [-0.2, 0) is 186 Å². The summed E-state index contributed by atoms with van der Waals surface area (Å²) in [7, 11) is 0. The molecule has 720 valence electrons. The third-order valence-electron chi connectivity index (χ3n) is 17.3. The van der Waals surface area contributed by atoms with Crippen molar-refractivity contribution in [1.29, 1.82) is 0 Å². The second-order valence-electron chi connectivity index (χ2n) is 27.9. The second-order valence-corrected chi connectivity index (χ2v) is 27.9. The molecule has 0 bridgehead atoms. The van der Waals surface area contributed by atoms with E-state index in [9.17, 15) is 81.8 Å². The molecule has 126 heavy (non-hydrogen) atoms. The van der Waals surface area contributed by atoms with Crippen molar-refractivity contribution in [2.45, 2.75) is 212 Å². The Bertz CT molecular complexity index is 3350. The van der Waals surface area contributed by atoms with Gasteiger partial charge in [0, 0.05) is 115 Å². The van der Waals surface area contributed by atoms with Crippen LogP contribution in [0.4, 0.5) is 0 Å². The first kappa shape index (κ1) is 111. The number of aliphatic hydroxyl groups excluding tert-OH is 2. The van der Waals surface area contributed by atoms with Crippen LogP contribution < -0.4 is 42.5 Å². The lowest BCUT2D eigenvalue weighted by Crippen LogP contribution is -2.66. The molecular weight excluding hydrogens is 1690 g/mol. The van der Waals surface area contributed by atoms with E-state index in [1.807, 2.05) is 0 Å². The molecule has 0 spiro atoms. The van der Waals surface area contributed by atoms with Gasteiger partial charge < -0.3 is 162 Å². The summed E-state index contributed by atoms with van der Waals surface area (Å²) in [6.45, 7) is 10.9. The van der Waals surface area contributed by atoms with E-state index >= 15 is 0 Å². The van der Waals surface area contributed by atoms with Gasteiger partial charge in [0.25, 0.3) is 0 Å². The van der Waals surface area contributed by atoms with Crippen molar-refractivity contribution < 1.29 is 196 Å². The molecule has 3 fully saturated rings. The van der Waals surface area contributed by atoms with Crippen molar-refractivity contribution in [2.24, 2.45) is 0 Å². The van der Waals surface area contributed by atoms with Crippen LogP contribution in [0.2, 0.25) is 0 Å².